The average Bonchev–Trinajstić information content (AvgIpc) is 3.37. The van der Waals surface area contributed by atoms with Crippen molar-refractivity contribution in [2.24, 2.45) is 11.8 Å². The number of likely N-dealkylation sites (tertiary alicyclic amines) is 2. The predicted molar refractivity (Wildman–Crippen MR) is 140 cm³/mol. The van der Waals surface area contributed by atoms with Crippen LogP contribution in [-0.2, 0) is 26.7 Å². The molecule has 230 valence electrons. The lowest BCUT2D eigenvalue weighted by atomic mass is 9.85. The van der Waals surface area contributed by atoms with Gasteiger partial charge in [-0.15, -0.1) is 0 Å². The molecule has 42 heavy (non-hydrogen) atoms. The summed E-state index contributed by atoms with van der Waals surface area (Å²) in [6.07, 6.45) is -10.7. The average molecular weight is 603 g/mol. The van der Waals surface area contributed by atoms with Gasteiger partial charge in [-0.2, -0.15) is 26.3 Å². The van der Waals surface area contributed by atoms with Crippen LogP contribution >= 0.6 is 0 Å². The van der Waals surface area contributed by atoms with Crippen molar-refractivity contribution in [3.8, 4) is 0 Å². The number of carbonyl (C=O) groups excluding carboxylic acids is 2. The smallest absolute Gasteiger partial charge is 0.370 e. The van der Waals surface area contributed by atoms with Crippen LogP contribution in [0.1, 0.15) is 67.9 Å². The van der Waals surface area contributed by atoms with Crippen LogP contribution in [0, 0.1) is 17.7 Å². The highest BCUT2D eigenvalue weighted by Gasteiger charge is 2.43. The Kier molecular flexibility index (Phi) is 9.25. The van der Waals surface area contributed by atoms with E-state index in [1.54, 1.807) is 28.9 Å². The molecule has 0 aliphatic carbocycles. The van der Waals surface area contributed by atoms with Gasteiger partial charge in [0.15, 0.2) is 0 Å². The number of ether oxygens (including phenoxy) is 1. The first kappa shape index (κ1) is 31.8. The van der Waals surface area contributed by atoms with Crippen molar-refractivity contribution < 1.29 is 45.1 Å². The first-order valence-electron chi connectivity index (χ1n) is 13.8. The molecule has 3 unspecified atom stereocenters. The molecule has 0 spiro atoms. The molecule has 0 aromatic heterocycles. The third kappa shape index (κ3) is 7.25. The normalized spacial score (nSPS) is 21.9. The van der Waals surface area contributed by atoms with Crippen molar-refractivity contribution in [3.63, 3.8) is 0 Å². The number of carbonyl (C=O) groups is 2. The summed E-state index contributed by atoms with van der Waals surface area (Å²) in [5, 5.41) is 0. The fraction of sp³-hybridized carbons (Fsp3) is 0.533. The van der Waals surface area contributed by atoms with Crippen LogP contribution in [0.3, 0.4) is 0 Å². The standard InChI is InChI=1S/C30H33F7N2O3/c1-17(22-12-23(29(32,33)34)14-24(13-22)30(35,36)37)42-18(2)26-15-39(16-27(26)20-4-6-25(31)7-5-20)28(41)21-8-10-38(11-9-21)19(3)40/h4-7,12-14,17-18,21,26-27H,8-11,15-16H2,1-3H3/t17?,18?,26-,27?/m0/s1. The fourth-order valence-corrected chi connectivity index (χ4v) is 5.96. The van der Waals surface area contributed by atoms with E-state index in [4.69, 9.17) is 4.74 Å². The SMILES string of the molecule is CC(=O)N1CCC(C(=O)N2CC(c3ccc(F)cc3)[C@H](C(C)OC(C)c3cc(C(F)(F)F)cc(C(F)(F)F)c3)C2)CC1. The van der Waals surface area contributed by atoms with Gasteiger partial charge in [0.1, 0.15) is 5.82 Å². The van der Waals surface area contributed by atoms with Gasteiger partial charge in [-0.1, -0.05) is 12.1 Å². The van der Waals surface area contributed by atoms with Gasteiger partial charge in [-0.25, -0.2) is 4.39 Å². The Morgan fingerprint density at radius 1 is 0.857 bits per heavy atom. The Hall–Kier alpha value is -3.15. The molecule has 0 N–H and O–H groups in total. The van der Waals surface area contributed by atoms with Gasteiger partial charge in [0, 0.05) is 50.9 Å². The van der Waals surface area contributed by atoms with Gasteiger partial charge in [-0.05, 0) is 68.1 Å². The Balaban J connectivity index is 1.56. The van der Waals surface area contributed by atoms with Gasteiger partial charge in [0.25, 0.3) is 0 Å². The maximum atomic E-state index is 13.7. The molecule has 0 radical (unpaired) electrons. The lowest BCUT2D eigenvalue weighted by Crippen LogP contribution is -2.43. The van der Waals surface area contributed by atoms with Crippen LogP contribution in [0.25, 0.3) is 0 Å². The molecule has 0 saturated carbocycles. The number of hydrogen-bond donors (Lipinski definition) is 0. The van der Waals surface area contributed by atoms with Crippen molar-refractivity contribution >= 4 is 11.8 Å². The van der Waals surface area contributed by atoms with Crippen molar-refractivity contribution in [2.75, 3.05) is 26.2 Å². The molecule has 2 aliphatic heterocycles. The van der Waals surface area contributed by atoms with Gasteiger partial charge < -0.3 is 14.5 Å². The van der Waals surface area contributed by atoms with E-state index in [1.807, 2.05) is 0 Å². The molecule has 0 bridgehead atoms. The molecule has 5 nitrogen and oxygen atoms in total. The van der Waals surface area contributed by atoms with E-state index in [-0.39, 0.29) is 47.7 Å². The Morgan fingerprint density at radius 3 is 1.90 bits per heavy atom. The lowest BCUT2D eigenvalue weighted by Gasteiger charge is -2.32. The fourth-order valence-electron chi connectivity index (χ4n) is 5.96. The van der Waals surface area contributed by atoms with Crippen LogP contribution in [0.5, 0.6) is 0 Å². The van der Waals surface area contributed by atoms with E-state index in [9.17, 15) is 40.3 Å². The van der Waals surface area contributed by atoms with E-state index in [0.29, 0.717) is 44.6 Å². The summed E-state index contributed by atoms with van der Waals surface area (Å²) in [7, 11) is 0. The lowest BCUT2D eigenvalue weighted by molar-refractivity contribution is -0.143. The van der Waals surface area contributed by atoms with Gasteiger partial charge in [-0.3, -0.25) is 9.59 Å². The largest absolute Gasteiger partial charge is 0.416 e. The number of hydrogen-bond acceptors (Lipinski definition) is 3. The molecule has 4 atom stereocenters. The molecule has 2 aliphatic rings. The summed E-state index contributed by atoms with van der Waals surface area (Å²) in [6, 6.07) is 7.18. The number of benzene rings is 2. The van der Waals surface area contributed by atoms with E-state index in [1.165, 1.54) is 26.0 Å². The molecule has 2 fully saturated rings. The zero-order chi connectivity index (χ0) is 31.0. The number of amides is 2. The van der Waals surface area contributed by atoms with Crippen molar-refractivity contribution in [1.82, 2.24) is 9.80 Å². The van der Waals surface area contributed by atoms with E-state index in [0.717, 1.165) is 5.56 Å². The maximum absolute atomic E-state index is 13.7. The number of piperidine rings is 1. The summed E-state index contributed by atoms with van der Waals surface area (Å²) in [5.74, 6) is -1.54. The first-order chi connectivity index (χ1) is 19.5. The molecule has 2 saturated heterocycles. The van der Waals surface area contributed by atoms with Crippen LogP contribution in [-0.4, -0.2) is 53.9 Å². The minimum atomic E-state index is -4.98. The van der Waals surface area contributed by atoms with Crippen molar-refractivity contribution in [1.29, 1.82) is 0 Å². The van der Waals surface area contributed by atoms with E-state index < -0.39 is 41.5 Å². The molecule has 2 aromatic carbocycles. The zero-order valence-corrected chi connectivity index (χ0v) is 23.4. The predicted octanol–water partition coefficient (Wildman–Crippen LogP) is 6.83. The highest BCUT2D eigenvalue weighted by molar-refractivity contribution is 5.80. The summed E-state index contributed by atoms with van der Waals surface area (Å²) < 4.78 is 100. The van der Waals surface area contributed by atoms with Crippen molar-refractivity contribution in [3.05, 3.63) is 70.5 Å². The van der Waals surface area contributed by atoms with Crippen LogP contribution in [0.4, 0.5) is 30.7 Å². The second kappa shape index (κ2) is 12.2. The topological polar surface area (TPSA) is 49.9 Å². The van der Waals surface area contributed by atoms with Gasteiger partial charge in [0.2, 0.25) is 11.8 Å². The number of nitrogens with zero attached hydrogens (tertiary/aromatic N) is 2. The summed E-state index contributed by atoms with van der Waals surface area (Å²) in [4.78, 5) is 28.6. The molecular formula is C30H33F7N2O3. The molecule has 2 amide bonds. The summed E-state index contributed by atoms with van der Waals surface area (Å²) in [6.45, 7) is 6.03. The number of rotatable bonds is 6. The highest BCUT2D eigenvalue weighted by atomic mass is 19.4. The van der Waals surface area contributed by atoms with E-state index >= 15 is 0 Å². The monoisotopic (exact) mass is 602 g/mol. The van der Waals surface area contributed by atoms with Crippen molar-refractivity contribution in [2.45, 2.75) is 64.1 Å². The molecular weight excluding hydrogens is 569 g/mol. The highest BCUT2D eigenvalue weighted by Crippen LogP contribution is 2.41. The first-order valence-corrected chi connectivity index (χ1v) is 13.8. The number of halogens is 7. The second-order valence-electron chi connectivity index (χ2n) is 11.2. The summed E-state index contributed by atoms with van der Waals surface area (Å²) >= 11 is 0. The van der Waals surface area contributed by atoms with E-state index in [2.05, 4.69) is 0 Å². The molecule has 4 rings (SSSR count). The number of alkyl halides is 6. The summed E-state index contributed by atoms with van der Waals surface area (Å²) in [5.41, 5.74) is -2.38. The van der Waals surface area contributed by atoms with Gasteiger partial charge >= 0.3 is 12.4 Å². The zero-order valence-electron chi connectivity index (χ0n) is 23.4. The quantitative estimate of drug-likeness (QED) is 0.341. The Bertz CT molecular complexity index is 1240. The van der Waals surface area contributed by atoms with Crippen LogP contribution < -0.4 is 0 Å². The van der Waals surface area contributed by atoms with Crippen LogP contribution in [0.2, 0.25) is 0 Å². The maximum Gasteiger partial charge on any atom is 0.416 e. The third-order valence-electron chi connectivity index (χ3n) is 8.37. The third-order valence-corrected chi connectivity index (χ3v) is 8.37. The van der Waals surface area contributed by atoms with Crippen LogP contribution in [0.15, 0.2) is 42.5 Å². The Morgan fingerprint density at radius 2 is 1.40 bits per heavy atom. The second-order valence-corrected chi connectivity index (χ2v) is 11.2. The van der Waals surface area contributed by atoms with Gasteiger partial charge in [0.05, 0.1) is 23.3 Å². The minimum absolute atomic E-state index is 0.0540. The molecule has 12 heteroatoms. The Labute approximate surface area is 239 Å². The molecule has 2 aromatic rings. The molecule has 2 heterocycles. The minimum Gasteiger partial charge on any atom is -0.370 e.